The third-order valence-corrected chi connectivity index (χ3v) is 4.87. The largest absolute Gasteiger partial charge is 0.313 e. The fourth-order valence-electron chi connectivity index (χ4n) is 1.92. The maximum Gasteiger partial charge on any atom is 0.236 e. The van der Waals surface area contributed by atoms with Crippen molar-refractivity contribution in [1.29, 1.82) is 0 Å². The van der Waals surface area contributed by atoms with Crippen LogP contribution in [0.5, 0.6) is 0 Å². The summed E-state index contributed by atoms with van der Waals surface area (Å²) in [5.74, 6) is -0.00842. The minimum Gasteiger partial charge on any atom is -0.313 e. The van der Waals surface area contributed by atoms with Gasteiger partial charge in [-0.25, -0.2) is 8.42 Å². The molecule has 21 heavy (non-hydrogen) atoms. The molecule has 2 N–H and O–H groups in total. The molecule has 0 aliphatic heterocycles. The van der Waals surface area contributed by atoms with E-state index in [-0.39, 0.29) is 5.75 Å². The SMILES string of the molecule is CCCNCc1ccc(CS(=O)(=O)Nc2ccsc2)cc1. The average molecular weight is 324 g/mol. The van der Waals surface area contributed by atoms with Gasteiger partial charge in [0.1, 0.15) is 0 Å². The Morgan fingerprint density at radius 3 is 2.43 bits per heavy atom. The van der Waals surface area contributed by atoms with Crippen LogP contribution < -0.4 is 10.0 Å². The molecule has 0 bridgehead atoms. The second-order valence-electron chi connectivity index (χ2n) is 4.87. The Hall–Kier alpha value is -1.37. The second-order valence-corrected chi connectivity index (χ2v) is 7.37. The van der Waals surface area contributed by atoms with E-state index in [9.17, 15) is 8.42 Å². The predicted octanol–water partition coefficient (Wildman–Crippen LogP) is 3.19. The van der Waals surface area contributed by atoms with Gasteiger partial charge in [0.05, 0.1) is 11.4 Å². The summed E-state index contributed by atoms with van der Waals surface area (Å²) in [7, 11) is -3.35. The molecule has 0 saturated carbocycles. The van der Waals surface area contributed by atoms with Crippen LogP contribution >= 0.6 is 11.3 Å². The first kappa shape index (κ1) is 16.0. The monoisotopic (exact) mass is 324 g/mol. The minimum absolute atomic E-state index is 0.00842. The molecule has 1 heterocycles. The van der Waals surface area contributed by atoms with Crippen molar-refractivity contribution in [2.75, 3.05) is 11.3 Å². The van der Waals surface area contributed by atoms with Crippen molar-refractivity contribution in [3.05, 3.63) is 52.2 Å². The summed E-state index contributed by atoms with van der Waals surface area (Å²) >= 11 is 1.46. The molecule has 0 fully saturated rings. The van der Waals surface area contributed by atoms with Gasteiger partial charge in [0.25, 0.3) is 0 Å². The fourth-order valence-corrected chi connectivity index (χ4v) is 3.77. The minimum atomic E-state index is -3.35. The molecule has 114 valence electrons. The Labute approximate surface area is 130 Å². The number of nitrogens with one attached hydrogen (secondary N) is 2. The van der Waals surface area contributed by atoms with Crippen molar-refractivity contribution in [2.45, 2.75) is 25.6 Å². The first-order valence-corrected chi connectivity index (χ1v) is 9.50. The summed E-state index contributed by atoms with van der Waals surface area (Å²) < 4.78 is 26.7. The second kappa shape index (κ2) is 7.59. The molecule has 0 aliphatic carbocycles. The number of thiophene rings is 1. The predicted molar refractivity (Wildman–Crippen MR) is 89.0 cm³/mol. The van der Waals surface area contributed by atoms with Gasteiger partial charge in [-0.2, -0.15) is 11.3 Å². The quantitative estimate of drug-likeness (QED) is 0.733. The molecule has 6 heteroatoms. The third-order valence-electron chi connectivity index (χ3n) is 2.93. The smallest absolute Gasteiger partial charge is 0.236 e. The van der Waals surface area contributed by atoms with Crippen molar-refractivity contribution in [3.63, 3.8) is 0 Å². The Bertz CT molecular complexity index is 635. The van der Waals surface area contributed by atoms with Crippen LogP contribution in [0.3, 0.4) is 0 Å². The molecular formula is C15H20N2O2S2. The van der Waals surface area contributed by atoms with Crippen molar-refractivity contribution >= 4 is 27.0 Å². The summed E-state index contributed by atoms with van der Waals surface area (Å²) in [6.07, 6.45) is 1.10. The van der Waals surface area contributed by atoms with E-state index in [1.807, 2.05) is 29.6 Å². The van der Waals surface area contributed by atoms with Crippen molar-refractivity contribution in [1.82, 2.24) is 5.32 Å². The molecule has 2 rings (SSSR count). The number of rotatable bonds is 8. The van der Waals surface area contributed by atoms with Crippen molar-refractivity contribution in [3.8, 4) is 0 Å². The lowest BCUT2D eigenvalue weighted by Gasteiger charge is -2.08. The number of sulfonamides is 1. The number of benzene rings is 1. The van der Waals surface area contributed by atoms with E-state index in [1.165, 1.54) is 11.3 Å². The van der Waals surface area contributed by atoms with Gasteiger partial charge < -0.3 is 5.32 Å². The summed E-state index contributed by atoms with van der Waals surface area (Å²) in [5, 5.41) is 6.94. The summed E-state index contributed by atoms with van der Waals surface area (Å²) in [6.45, 7) is 3.93. The average Bonchev–Trinajstić information content (AvgIpc) is 2.92. The Kier molecular flexibility index (Phi) is 5.78. The normalized spacial score (nSPS) is 11.5. The molecule has 0 amide bonds. The van der Waals surface area contributed by atoms with E-state index in [2.05, 4.69) is 17.0 Å². The van der Waals surface area contributed by atoms with Gasteiger partial charge in [0.15, 0.2) is 0 Å². The molecule has 1 aromatic carbocycles. The van der Waals surface area contributed by atoms with Crippen LogP contribution in [0, 0.1) is 0 Å². The summed E-state index contributed by atoms with van der Waals surface area (Å²) in [5.41, 5.74) is 2.58. The Balaban J connectivity index is 1.93. The zero-order valence-electron chi connectivity index (χ0n) is 12.0. The van der Waals surface area contributed by atoms with Gasteiger partial charge in [-0.3, -0.25) is 4.72 Å². The number of hydrogen-bond acceptors (Lipinski definition) is 4. The lowest BCUT2D eigenvalue weighted by molar-refractivity contribution is 0.600. The maximum atomic E-state index is 12.0. The van der Waals surface area contributed by atoms with Crippen LogP contribution in [-0.2, 0) is 22.3 Å². The standard InChI is InChI=1S/C15H20N2O2S2/c1-2-8-16-10-13-3-5-14(6-4-13)12-21(18,19)17-15-7-9-20-11-15/h3-7,9,11,16-17H,2,8,10,12H2,1H3. The van der Waals surface area contributed by atoms with E-state index >= 15 is 0 Å². The molecule has 4 nitrogen and oxygen atoms in total. The van der Waals surface area contributed by atoms with E-state index in [0.29, 0.717) is 5.69 Å². The zero-order valence-corrected chi connectivity index (χ0v) is 13.6. The van der Waals surface area contributed by atoms with Gasteiger partial charge in [0, 0.05) is 11.9 Å². The highest BCUT2D eigenvalue weighted by Gasteiger charge is 2.11. The van der Waals surface area contributed by atoms with E-state index in [4.69, 9.17) is 0 Å². The molecule has 0 saturated heterocycles. The van der Waals surface area contributed by atoms with E-state index < -0.39 is 10.0 Å². The Morgan fingerprint density at radius 2 is 1.81 bits per heavy atom. The van der Waals surface area contributed by atoms with E-state index in [1.54, 1.807) is 11.4 Å². The topological polar surface area (TPSA) is 58.2 Å². The van der Waals surface area contributed by atoms with Crippen LogP contribution in [0.4, 0.5) is 5.69 Å². The lowest BCUT2D eigenvalue weighted by Crippen LogP contribution is -2.15. The third kappa shape index (κ3) is 5.49. The highest BCUT2D eigenvalue weighted by Crippen LogP contribution is 2.16. The van der Waals surface area contributed by atoms with Crippen molar-refractivity contribution < 1.29 is 8.42 Å². The van der Waals surface area contributed by atoms with Gasteiger partial charge in [-0.05, 0) is 35.5 Å². The molecule has 0 aliphatic rings. The van der Waals surface area contributed by atoms with Crippen LogP contribution in [-0.4, -0.2) is 15.0 Å². The molecule has 1 aromatic heterocycles. The van der Waals surface area contributed by atoms with Gasteiger partial charge in [-0.15, -0.1) is 0 Å². The van der Waals surface area contributed by atoms with Crippen LogP contribution in [0.15, 0.2) is 41.1 Å². The molecule has 0 unspecified atom stereocenters. The van der Waals surface area contributed by atoms with Gasteiger partial charge in [-0.1, -0.05) is 31.2 Å². The molecular weight excluding hydrogens is 304 g/mol. The van der Waals surface area contributed by atoms with E-state index in [0.717, 1.165) is 30.6 Å². The highest BCUT2D eigenvalue weighted by atomic mass is 32.2. The van der Waals surface area contributed by atoms with Crippen LogP contribution in [0.2, 0.25) is 0 Å². The highest BCUT2D eigenvalue weighted by molar-refractivity contribution is 7.91. The number of hydrogen-bond donors (Lipinski definition) is 2. The molecule has 0 radical (unpaired) electrons. The maximum absolute atomic E-state index is 12.0. The van der Waals surface area contributed by atoms with Gasteiger partial charge in [0.2, 0.25) is 10.0 Å². The fraction of sp³-hybridized carbons (Fsp3) is 0.333. The summed E-state index contributed by atoms with van der Waals surface area (Å²) in [4.78, 5) is 0. The summed E-state index contributed by atoms with van der Waals surface area (Å²) in [6, 6.07) is 9.44. The molecule has 0 atom stereocenters. The number of anilines is 1. The van der Waals surface area contributed by atoms with Crippen molar-refractivity contribution in [2.24, 2.45) is 0 Å². The Morgan fingerprint density at radius 1 is 1.10 bits per heavy atom. The first-order chi connectivity index (χ1) is 10.1. The first-order valence-electron chi connectivity index (χ1n) is 6.90. The zero-order chi connectivity index (χ0) is 15.1. The van der Waals surface area contributed by atoms with Crippen LogP contribution in [0.1, 0.15) is 24.5 Å². The van der Waals surface area contributed by atoms with Crippen LogP contribution in [0.25, 0.3) is 0 Å². The lowest BCUT2D eigenvalue weighted by atomic mass is 10.1. The molecule has 2 aromatic rings. The van der Waals surface area contributed by atoms with Gasteiger partial charge >= 0.3 is 0 Å². The molecule has 0 spiro atoms.